The van der Waals surface area contributed by atoms with Crippen LogP contribution in [-0.2, 0) is 4.79 Å². The van der Waals surface area contributed by atoms with E-state index in [2.05, 4.69) is 6.92 Å². The summed E-state index contributed by atoms with van der Waals surface area (Å²) in [5.74, 6) is 0.553. The lowest BCUT2D eigenvalue weighted by molar-refractivity contribution is -0.138. The molecule has 0 bridgehead atoms. The van der Waals surface area contributed by atoms with E-state index < -0.39 is 5.97 Å². The zero-order chi connectivity index (χ0) is 7.56. The van der Waals surface area contributed by atoms with E-state index in [1.165, 1.54) is 12.8 Å². The van der Waals surface area contributed by atoms with E-state index in [1.54, 1.807) is 0 Å². The average molecular weight is 142 g/mol. The molecule has 0 radical (unpaired) electrons. The minimum Gasteiger partial charge on any atom is -0.481 e. The lowest BCUT2D eigenvalue weighted by Crippen LogP contribution is -2.08. The van der Waals surface area contributed by atoms with Crippen LogP contribution in [0.4, 0.5) is 0 Å². The zero-order valence-electron chi connectivity index (χ0n) is 6.34. The molecule has 0 aromatic carbocycles. The summed E-state index contributed by atoms with van der Waals surface area (Å²) in [5.41, 5.74) is 0. The van der Waals surface area contributed by atoms with Crippen molar-refractivity contribution >= 4 is 5.97 Å². The molecule has 0 amide bonds. The predicted molar refractivity (Wildman–Crippen MR) is 38.8 cm³/mol. The Labute approximate surface area is 61.2 Å². The van der Waals surface area contributed by atoms with Gasteiger partial charge in [0.25, 0.3) is 0 Å². The summed E-state index contributed by atoms with van der Waals surface area (Å²) in [4.78, 5) is 10.3. The van der Waals surface area contributed by atoms with Crippen LogP contribution in [0.3, 0.4) is 0 Å². The zero-order valence-corrected chi connectivity index (χ0v) is 6.34. The molecule has 2 nitrogen and oxygen atoms in total. The number of carboxylic acids is 1. The number of carbonyl (C=O) groups is 1. The highest BCUT2D eigenvalue weighted by atomic mass is 16.4. The molecule has 1 saturated carbocycles. The van der Waals surface area contributed by atoms with Gasteiger partial charge in [0.15, 0.2) is 0 Å². The SMILES string of the molecule is CCC(CC(=O)O)C1CC1. The quantitative estimate of drug-likeness (QED) is 0.650. The first kappa shape index (κ1) is 7.58. The summed E-state index contributed by atoms with van der Waals surface area (Å²) in [7, 11) is 0. The van der Waals surface area contributed by atoms with Gasteiger partial charge in [-0.2, -0.15) is 0 Å². The first-order valence-electron chi connectivity index (χ1n) is 3.95. The summed E-state index contributed by atoms with van der Waals surface area (Å²) in [5, 5.41) is 8.49. The summed E-state index contributed by atoms with van der Waals surface area (Å²) in [6, 6.07) is 0. The van der Waals surface area contributed by atoms with Gasteiger partial charge in [-0.1, -0.05) is 13.3 Å². The molecule has 1 N–H and O–H groups in total. The van der Waals surface area contributed by atoms with Crippen molar-refractivity contribution in [1.29, 1.82) is 0 Å². The van der Waals surface area contributed by atoms with Gasteiger partial charge in [-0.25, -0.2) is 0 Å². The Hall–Kier alpha value is -0.530. The van der Waals surface area contributed by atoms with Crippen molar-refractivity contribution < 1.29 is 9.90 Å². The van der Waals surface area contributed by atoms with Crippen LogP contribution in [0.1, 0.15) is 32.6 Å². The van der Waals surface area contributed by atoms with Crippen LogP contribution in [0.2, 0.25) is 0 Å². The van der Waals surface area contributed by atoms with E-state index >= 15 is 0 Å². The van der Waals surface area contributed by atoms with Gasteiger partial charge in [-0.15, -0.1) is 0 Å². The maximum Gasteiger partial charge on any atom is 0.303 e. The van der Waals surface area contributed by atoms with Crippen molar-refractivity contribution in [2.24, 2.45) is 11.8 Å². The fourth-order valence-corrected chi connectivity index (χ4v) is 1.44. The molecule has 0 aromatic heterocycles. The van der Waals surface area contributed by atoms with E-state index in [4.69, 9.17) is 5.11 Å². The van der Waals surface area contributed by atoms with Gasteiger partial charge >= 0.3 is 5.97 Å². The van der Waals surface area contributed by atoms with Crippen LogP contribution in [0.5, 0.6) is 0 Å². The van der Waals surface area contributed by atoms with Crippen molar-refractivity contribution in [3.05, 3.63) is 0 Å². The third kappa shape index (κ3) is 2.01. The minimum absolute atomic E-state index is 0.376. The predicted octanol–water partition coefficient (Wildman–Crippen LogP) is 1.90. The third-order valence-corrected chi connectivity index (χ3v) is 2.25. The van der Waals surface area contributed by atoms with Crippen LogP contribution in [0.15, 0.2) is 0 Å². The lowest BCUT2D eigenvalue weighted by Gasteiger charge is -2.08. The molecular formula is C8H14O2. The average Bonchev–Trinajstić information content (AvgIpc) is 2.63. The van der Waals surface area contributed by atoms with E-state index in [0.29, 0.717) is 12.3 Å². The van der Waals surface area contributed by atoms with Crippen LogP contribution in [0.25, 0.3) is 0 Å². The summed E-state index contributed by atoms with van der Waals surface area (Å²) in [6.07, 6.45) is 3.91. The molecule has 1 unspecified atom stereocenters. The monoisotopic (exact) mass is 142 g/mol. The van der Waals surface area contributed by atoms with E-state index in [9.17, 15) is 4.79 Å². The normalized spacial score (nSPS) is 20.5. The Kier molecular flexibility index (Phi) is 2.30. The fourth-order valence-electron chi connectivity index (χ4n) is 1.44. The number of hydrogen-bond acceptors (Lipinski definition) is 1. The van der Waals surface area contributed by atoms with Crippen molar-refractivity contribution in [2.75, 3.05) is 0 Å². The van der Waals surface area contributed by atoms with Crippen molar-refractivity contribution in [2.45, 2.75) is 32.6 Å². The largest absolute Gasteiger partial charge is 0.481 e. The Balaban J connectivity index is 2.25. The summed E-state index contributed by atoms with van der Waals surface area (Å²) >= 11 is 0. The molecular weight excluding hydrogens is 128 g/mol. The van der Waals surface area contributed by atoms with Crippen molar-refractivity contribution in [1.82, 2.24) is 0 Å². The van der Waals surface area contributed by atoms with Crippen LogP contribution < -0.4 is 0 Å². The summed E-state index contributed by atoms with van der Waals surface area (Å²) in [6.45, 7) is 2.08. The first-order chi connectivity index (χ1) is 4.74. The van der Waals surface area contributed by atoms with Crippen LogP contribution in [-0.4, -0.2) is 11.1 Å². The molecule has 1 aliphatic rings. The highest BCUT2D eigenvalue weighted by Gasteiger charge is 2.30. The molecule has 0 spiro atoms. The van der Waals surface area contributed by atoms with Gasteiger partial charge in [0, 0.05) is 6.42 Å². The maximum absolute atomic E-state index is 10.3. The van der Waals surface area contributed by atoms with Crippen LogP contribution >= 0.6 is 0 Å². The molecule has 1 rings (SSSR count). The van der Waals surface area contributed by atoms with E-state index in [-0.39, 0.29) is 0 Å². The Morgan fingerprint density at radius 3 is 2.60 bits per heavy atom. The second-order valence-electron chi connectivity index (χ2n) is 3.10. The highest BCUT2D eigenvalue weighted by Crippen LogP contribution is 2.39. The summed E-state index contributed by atoms with van der Waals surface area (Å²) < 4.78 is 0. The molecule has 0 heterocycles. The lowest BCUT2D eigenvalue weighted by atomic mass is 9.97. The molecule has 0 saturated heterocycles. The topological polar surface area (TPSA) is 37.3 Å². The van der Waals surface area contributed by atoms with Gasteiger partial charge in [0.05, 0.1) is 0 Å². The van der Waals surface area contributed by atoms with Gasteiger partial charge in [-0.05, 0) is 24.7 Å². The Morgan fingerprint density at radius 2 is 2.30 bits per heavy atom. The first-order valence-corrected chi connectivity index (χ1v) is 3.95. The van der Waals surface area contributed by atoms with Crippen molar-refractivity contribution in [3.8, 4) is 0 Å². The highest BCUT2D eigenvalue weighted by molar-refractivity contribution is 5.67. The smallest absolute Gasteiger partial charge is 0.303 e. The van der Waals surface area contributed by atoms with E-state index in [1.807, 2.05) is 0 Å². The van der Waals surface area contributed by atoms with Crippen LogP contribution in [0, 0.1) is 11.8 Å². The standard InChI is InChI=1S/C8H14O2/c1-2-6(5-8(9)10)7-3-4-7/h6-7H,2-5H2,1H3,(H,9,10). The molecule has 1 atom stereocenters. The Bertz CT molecular complexity index is 127. The van der Waals surface area contributed by atoms with Gasteiger partial charge < -0.3 is 5.11 Å². The second kappa shape index (κ2) is 3.04. The Morgan fingerprint density at radius 1 is 1.70 bits per heavy atom. The molecule has 0 aromatic rings. The third-order valence-electron chi connectivity index (χ3n) is 2.25. The van der Waals surface area contributed by atoms with Gasteiger partial charge in [0.1, 0.15) is 0 Å². The molecule has 1 aliphatic carbocycles. The van der Waals surface area contributed by atoms with Gasteiger partial charge in [0.2, 0.25) is 0 Å². The molecule has 0 aliphatic heterocycles. The molecule has 1 fully saturated rings. The van der Waals surface area contributed by atoms with Gasteiger partial charge in [-0.3, -0.25) is 4.79 Å². The second-order valence-corrected chi connectivity index (χ2v) is 3.10. The molecule has 10 heavy (non-hydrogen) atoms. The number of hydrogen-bond donors (Lipinski definition) is 1. The van der Waals surface area contributed by atoms with E-state index in [0.717, 1.165) is 12.3 Å². The van der Waals surface area contributed by atoms with Crippen molar-refractivity contribution in [3.63, 3.8) is 0 Å². The molecule has 58 valence electrons. The number of rotatable bonds is 4. The number of aliphatic carboxylic acids is 1. The fraction of sp³-hybridized carbons (Fsp3) is 0.875. The maximum atomic E-state index is 10.3. The number of carboxylic acid groups (broad SMARTS) is 1. The minimum atomic E-state index is -0.640. The molecule has 2 heteroatoms.